The van der Waals surface area contributed by atoms with Gasteiger partial charge in [-0.05, 0) is 47.7 Å². The Morgan fingerprint density at radius 3 is 2.58 bits per heavy atom. The number of benzene rings is 2. The zero-order chi connectivity index (χ0) is 17.3. The molecule has 1 aliphatic rings. The third-order valence-electron chi connectivity index (χ3n) is 5.19. The number of nitrogens with zero attached hydrogens (tertiary/aromatic N) is 2. The van der Waals surface area contributed by atoms with E-state index in [-0.39, 0.29) is 0 Å². The van der Waals surface area contributed by atoms with Crippen molar-refractivity contribution >= 4 is 11.0 Å². The van der Waals surface area contributed by atoms with Crippen molar-refractivity contribution in [2.24, 2.45) is 0 Å². The van der Waals surface area contributed by atoms with Crippen molar-refractivity contribution in [1.29, 1.82) is 0 Å². The smallest absolute Gasteiger partial charge is 0.0931 e. The molecule has 26 heavy (non-hydrogen) atoms. The number of hydrogen-bond acceptors (Lipinski definition) is 3. The molecule has 4 aromatic rings. The summed E-state index contributed by atoms with van der Waals surface area (Å²) in [5, 5.41) is 3.67. The van der Waals surface area contributed by atoms with Crippen molar-refractivity contribution in [2.45, 2.75) is 25.4 Å². The van der Waals surface area contributed by atoms with Crippen molar-refractivity contribution in [3.8, 4) is 11.3 Å². The molecule has 2 aromatic carbocycles. The monoisotopic (exact) mass is 340 g/mol. The average Bonchev–Trinajstić information content (AvgIpc) is 3.32. The van der Waals surface area contributed by atoms with Crippen molar-refractivity contribution in [2.75, 3.05) is 0 Å². The van der Waals surface area contributed by atoms with Gasteiger partial charge >= 0.3 is 0 Å². The highest BCUT2D eigenvalue weighted by Gasteiger charge is 2.20. The highest BCUT2D eigenvalue weighted by Crippen LogP contribution is 2.23. The number of H-pyrrole nitrogens is 1. The van der Waals surface area contributed by atoms with E-state index in [0.717, 1.165) is 41.7 Å². The summed E-state index contributed by atoms with van der Waals surface area (Å²) < 4.78 is 0. The van der Waals surface area contributed by atoms with Crippen LogP contribution in [0.3, 0.4) is 0 Å². The Balaban J connectivity index is 1.25. The third-order valence-corrected chi connectivity index (χ3v) is 5.19. The molecule has 0 atom stereocenters. The van der Waals surface area contributed by atoms with Gasteiger partial charge in [-0.25, -0.2) is 4.98 Å². The van der Waals surface area contributed by atoms with Crippen LogP contribution in [-0.4, -0.2) is 21.0 Å². The molecule has 0 saturated carbocycles. The van der Waals surface area contributed by atoms with Gasteiger partial charge < -0.3 is 10.3 Å². The topological polar surface area (TPSA) is 53.6 Å². The van der Waals surface area contributed by atoms with Gasteiger partial charge in [0.05, 0.1) is 23.1 Å². The van der Waals surface area contributed by atoms with Crippen molar-refractivity contribution in [3.05, 3.63) is 83.8 Å². The minimum atomic E-state index is 0.523. The van der Waals surface area contributed by atoms with Crippen LogP contribution in [0.15, 0.2) is 67.1 Å². The van der Waals surface area contributed by atoms with Crippen LogP contribution >= 0.6 is 0 Å². The number of pyridine rings is 1. The molecule has 2 heterocycles. The number of aromatic amines is 1. The fourth-order valence-corrected chi connectivity index (χ4v) is 3.76. The first kappa shape index (κ1) is 15.3. The zero-order valence-electron chi connectivity index (χ0n) is 14.4. The van der Waals surface area contributed by atoms with E-state index < -0.39 is 0 Å². The summed E-state index contributed by atoms with van der Waals surface area (Å²) in [7, 11) is 0. The normalized spacial score (nSPS) is 14.0. The Bertz CT molecular complexity index is 1020. The summed E-state index contributed by atoms with van der Waals surface area (Å²) in [6.45, 7) is 0.853. The maximum absolute atomic E-state index is 4.65. The van der Waals surface area contributed by atoms with Crippen LogP contribution in [0.1, 0.15) is 16.7 Å². The quantitative estimate of drug-likeness (QED) is 0.593. The second kappa shape index (κ2) is 6.39. The molecular formula is C22H20N4. The van der Waals surface area contributed by atoms with Crippen molar-refractivity contribution < 1.29 is 0 Å². The molecule has 0 amide bonds. The van der Waals surface area contributed by atoms with E-state index in [0.29, 0.717) is 6.04 Å². The lowest BCUT2D eigenvalue weighted by atomic mass is 10.1. The van der Waals surface area contributed by atoms with E-state index in [1.165, 1.54) is 16.7 Å². The Kier molecular flexibility index (Phi) is 3.76. The number of imidazole rings is 1. The molecule has 4 nitrogen and oxygen atoms in total. The van der Waals surface area contributed by atoms with Crippen LogP contribution in [0.5, 0.6) is 0 Å². The maximum atomic E-state index is 4.65. The van der Waals surface area contributed by atoms with Gasteiger partial charge in [-0.1, -0.05) is 36.4 Å². The van der Waals surface area contributed by atoms with Crippen LogP contribution in [-0.2, 0) is 19.4 Å². The number of aromatic nitrogens is 3. The lowest BCUT2D eigenvalue weighted by molar-refractivity contribution is 0.532. The molecule has 0 aliphatic heterocycles. The van der Waals surface area contributed by atoms with Crippen LogP contribution in [0.4, 0.5) is 0 Å². The molecule has 128 valence electrons. The first-order valence-corrected chi connectivity index (χ1v) is 9.04. The lowest BCUT2D eigenvalue weighted by Gasteiger charge is -2.12. The first-order valence-electron chi connectivity index (χ1n) is 9.04. The van der Waals surface area contributed by atoms with Gasteiger partial charge in [0.1, 0.15) is 0 Å². The molecular weight excluding hydrogens is 320 g/mol. The molecule has 5 rings (SSSR count). The van der Waals surface area contributed by atoms with Gasteiger partial charge in [0, 0.05) is 24.3 Å². The van der Waals surface area contributed by atoms with E-state index in [9.17, 15) is 0 Å². The first-order chi connectivity index (χ1) is 12.8. The standard InChI is InChI=1S/C22H20N4/c1-2-4-17-10-19(9-16(17)3-1)23-12-15-5-7-20(24-13-15)18-6-8-21-22(11-18)26-14-25-21/h1-8,11,13-14,19,23H,9-10,12H2,(H,25,26). The fraction of sp³-hybridized carbons (Fsp3) is 0.182. The second-order valence-corrected chi connectivity index (χ2v) is 6.94. The zero-order valence-corrected chi connectivity index (χ0v) is 14.4. The average molecular weight is 340 g/mol. The molecule has 0 bridgehead atoms. The Morgan fingerprint density at radius 1 is 0.962 bits per heavy atom. The fourth-order valence-electron chi connectivity index (χ4n) is 3.76. The summed E-state index contributed by atoms with van der Waals surface area (Å²) in [6.07, 6.45) is 5.93. The van der Waals surface area contributed by atoms with Crippen molar-refractivity contribution in [1.82, 2.24) is 20.3 Å². The van der Waals surface area contributed by atoms with Crippen LogP contribution < -0.4 is 5.32 Å². The van der Waals surface area contributed by atoms with E-state index in [4.69, 9.17) is 0 Å². The Morgan fingerprint density at radius 2 is 1.81 bits per heavy atom. The van der Waals surface area contributed by atoms with Gasteiger partial charge in [-0.15, -0.1) is 0 Å². The molecule has 2 aromatic heterocycles. The highest BCUT2D eigenvalue weighted by atomic mass is 14.9. The Labute approximate surface area is 152 Å². The van der Waals surface area contributed by atoms with E-state index in [2.05, 4.69) is 68.8 Å². The number of fused-ring (bicyclic) bond motifs is 2. The molecule has 0 saturated heterocycles. The molecule has 2 N–H and O–H groups in total. The van der Waals surface area contributed by atoms with Crippen LogP contribution in [0.25, 0.3) is 22.3 Å². The predicted molar refractivity (Wildman–Crippen MR) is 104 cm³/mol. The Hall–Kier alpha value is -2.98. The minimum absolute atomic E-state index is 0.523. The molecule has 0 radical (unpaired) electrons. The highest BCUT2D eigenvalue weighted by molar-refractivity contribution is 5.80. The van der Waals surface area contributed by atoms with E-state index >= 15 is 0 Å². The van der Waals surface area contributed by atoms with Gasteiger partial charge in [-0.2, -0.15) is 0 Å². The van der Waals surface area contributed by atoms with Gasteiger partial charge in [0.15, 0.2) is 0 Å². The molecule has 0 spiro atoms. The third kappa shape index (κ3) is 2.89. The summed E-state index contributed by atoms with van der Waals surface area (Å²) in [6, 6.07) is 19.7. The lowest BCUT2D eigenvalue weighted by Crippen LogP contribution is -2.28. The summed E-state index contributed by atoms with van der Waals surface area (Å²) in [5.41, 5.74) is 8.28. The predicted octanol–water partition coefficient (Wildman–Crippen LogP) is 3.88. The van der Waals surface area contributed by atoms with E-state index in [1.807, 2.05) is 12.3 Å². The molecule has 4 heteroatoms. The van der Waals surface area contributed by atoms with Crippen LogP contribution in [0.2, 0.25) is 0 Å². The molecule has 1 aliphatic carbocycles. The largest absolute Gasteiger partial charge is 0.345 e. The van der Waals surface area contributed by atoms with Crippen LogP contribution in [0, 0.1) is 0 Å². The second-order valence-electron chi connectivity index (χ2n) is 6.94. The molecule has 0 fully saturated rings. The van der Waals surface area contributed by atoms with E-state index in [1.54, 1.807) is 6.33 Å². The maximum Gasteiger partial charge on any atom is 0.0931 e. The molecule has 0 unspecified atom stereocenters. The summed E-state index contributed by atoms with van der Waals surface area (Å²) in [4.78, 5) is 12.1. The minimum Gasteiger partial charge on any atom is -0.345 e. The summed E-state index contributed by atoms with van der Waals surface area (Å²) in [5.74, 6) is 0. The number of hydrogen-bond donors (Lipinski definition) is 2. The summed E-state index contributed by atoms with van der Waals surface area (Å²) >= 11 is 0. The SMILES string of the molecule is c1ccc2c(c1)CC(NCc1ccc(-c3ccc4nc[nH]c4c3)nc1)C2. The van der Waals surface area contributed by atoms with Gasteiger partial charge in [0.25, 0.3) is 0 Å². The van der Waals surface area contributed by atoms with Crippen molar-refractivity contribution in [3.63, 3.8) is 0 Å². The van der Waals surface area contributed by atoms with Gasteiger partial charge in [-0.3, -0.25) is 4.98 Å². The van der Waals surface area contributed by atoms with Gasteiger partial charge in [0.2, 0.25) is 0 Å². The number of nitrogens with one attached hydrogen (secondary N) is 2. The number of rotatable bonds is 4.